The van der Waals surface area contributed by atoms with Gasteiger partial charge in [0.25, 0.3) is 0 Å². The highest BCUT2D eigenvalue weighted by atomic mass is 15.3. The zero-order chi connectivity index (χ0) is 24.5. The van der Waals surface area contributed by atoms with Crippen molar-refractivity contribution in [1.82, 2.24) is 9.80 Å². The molecule has 9 unspecified atom stereocenters. The van der Waals surface area contributed by atoms with E-state index in [0.717, 1.165) is 36.3 Å². The molecule has 0 radical (unpaired) electrons. The number of rotatable bonds is 18. The Hall–Kier alpha value is -0.0800. The lowest BCUT2D eigenvalue weighted by atomic mass is 9.73. The van der Waals surface area contributed by atoms with Crippen LogP contribution in [0.1, 0.15) is 127 Å². The van der Waals surface area contributed by atoms with E-state index in [2.05, 4.69) is 86.1 Å². The predicted molar refractivity (Wildman–Crippen MR) is 145 cm³/mol. The minimum Gasteiger partial charge on any atom is -0.302 e. The van der Waals surface area contributed by atoms with Gasteiger partial charge in [0.05, 0.1) is 0 Å². The van der Waals surface area contributed by atoms with Crippen LogP contribution in [0, 0.1) is 29.1 Å². The molecule has 1 aliphatic rings. The Morgan fingerprint density at radius 3 is 2.03 bits per heavy atom. The van der Waals surface area contributed by atoms with Crippen molar-refractivity contribution in [2.45, 2.75) is 145 Å². The first-order chi connectivity index (χ1) is 15.0. The van der Waals surface area contributed by atoms with Crippen LogP contribution in [0.2, 0.25) is 0 Å². The first kappa shape index (κ1) is 30.0. The Balaban J connectivity index is 2.65. The lowest BCUT2D eigenvalue weighted by Crippen LogP contribution is -2.48. The highest BCUT2D eigenvalue weighted by molar-refractivity contribution is 4.96. The van der Waals surface area contributed by atoms with Crippen molar-refractivity contribution < 1.29 is 0 Å². The Morgan fingerprint density at radius 2 is 1.56 bits per heavy atom. The molecule has 0 aliphatic carbocycles. The van der Waals surface area contributed by atoms with Crippen LogP contribution in [-0.4, -0.2) is 48.1 Å². The molecule has 192 valence electrons. The molecule has 1 rings (SSSR count). The lowest BCUT2D eigenvalue weighted by Gasteiger charge is -2.38. The van der Waals surface area contributed by atoms with E-state index in [-0.39, 0.29) is 0 Å². The van der Waals surface area contributed by atoms with Crippen molar-refractivity contribution in [1.29, 1.82) is 0 Å². The van der Waals surface area contributed by atoms with Crippen LogP contribution in [0.5, 0.6) is 0 Å². The van der Waals surface area contributed by atoms with Gasteiger partial charge in [0.15, 0.2) is 0 Å². The Kier molecular flexibility index (Phi) is 13.4. The van der Waals surface area contributed by atoms with Crippen LogP contribution in [-0.2, 0) is 0 Å². The smallest absolute Gasteiger partial charge is 0.0271 e. The lowest BCUT2D eigenvalue weighted by molar-refractivity contribution is 0.112. The van der Waals surface area contributed by atoms with Gasteiger partial charge in [-0.15, -0.1) is 0 Å². The molecule has 9 atom stereocenters. The summed E-state index contributed by atoms with van der Waals surface area (Å²) >= 11 is 0. The van der Waals surface area contributed by atoms with E-state index in [4.69, 9.17) is 0 Å². The summed E-state index contributed by atoms with van der Waals surface area (Å²) in [5.41, 5.74) is 0.557. The number of hydrogen-bond donors (Lipinski definition) is 0. The van der Waals surface area contributed by atoms with Crippen LogP contribution in [0.15, 0.2) is 0 Å². The number of likely N-dealkylation sites (N-methyl/N-ethyl adjacent to an activating group) is 1. The van der Waals surface area contributed by atoms with Crippen molar-refractivity contribution in [2.75, 3.05) is 20.1 Å². The molecule has 0 spiro atoms. The van der Waals surface area contributed by atoms with Crippen LogP contribution in [0.25, 0.3) is 0 Å². The molecule has 0 aromatic heterocycles. The van der Waals surface area contributed by atoms with Crippen molar-refractivity contribution >= 4 is 0 Å². The predicted octanol–water partition coefficient (Wildman–Crippen LogP) is 8.50. The molecule has 0 bridgehead atoms. The summed E-state index contributed by atoms with van der Waals surface area (Å²) in [7, 11) is 2.34. The SMILES string of the molecule is CCCC(C)(CC)CCC(CC(C)CCC(C)C(C(C)N1CC1C)N(C)CC)C(C)CC. The Labute approximate surface area is 204 Å². The molecule has 1 fully saturated rings. The maximum absolute atomic E-state index is 2.69. The third-order valence-electron chi connectivity index (χ3n) is 9.61. The molecule has 0 aromatic rings. The fourth-order valence-corrected chi connectivity index (χ4v) is 6.45. The molecule has 1 saturated heterocycles. The molecule has 32 heavy (non-hydrogen) atoms. The monoisotopic (exact) mass is 450 g/mol. The van der Waals surface area contributed by atoms with Gasteiger partial charge in [0, 0.05) is 24.7 Å². The van der Waals surface area contributed by atoms with E-state index in [1.807, 2.05) is 0 Å². The van der Waals surface area contributed by atoms with Crippen molar-refractivity contribution in [3.05, 3.63) is 0 Å². The minimum atomic E-state index is 0.557. The molecule has 1 heterocycles. The van der Waals surface area contributed by atoms with Crippen LogP contribution < -0.4 is 0 Å². The van der Waals surface area contributed by atoms with Gasteiger partial charge in [-0.3, -0.25) is 4.90 Å². The topological polar surface area (TPSA) is 6.25 Å². The Bertz CT molecular complexity index is 491. The number of hydrogen-bond acceptors (Lipinski definition) is 2. The third kappa shape index (κ3) is 9.28. The highest BCUT2D eigenvalue weighted by Crippen LogP contribution is 2.38. The second-order valence-electron chi connectivity index (χ2n) is 12.3. The molecule has 2 nitrogen and oxygen atoms in total. The van der Waals surface area contributed by atoms with Gasteiger partial charge < -0.3 is 4.90 Å². The van der Waals surface area contributed by atoms with Crippen molar-refractivity contribution in [3.63, 3.8) is 0 Å². The van der Waals surface area contributed by atoms with E-state index in [1.54, 1.807) is 0 Å². The molecular formula is C30H62N2. The fraction of sp³-hybridized carbons (Fsp3) is 1.00. The maximum atomic E-state index is 2.69. The zero-order valence-corrected chi connectivity index (χ0v) is 24.2. The Morgan fingerprint density at radius 1 is 0.938 bits per heavy atom. The average molecular weight is 451 g/mol. The fourth-order valence-electron chi connectivity index (χ4n) is 6.45. The summed E-state index contributed by atoms with van der Waals surface area (Å²) in [5.74, 6) is 3.37. The molecule has 0 N–H and O–H groups in total. The zero-order valence-electron chi connectivity index (χ0n) is 24.2. The van der Waals surface area contributed by atoms with Crippen molar-refractivity contribution in [2.24, 2.45) is 29.1 Å². The van der Waals surface area contributed by atoms with Crippen LogP contribution in [0.4, 0.5) is 0 Å². The van der Waals surface area contributed by atoms with E-state index in [9.17, 15) is 0 Å². The first-order valence-electron chi connectivity index (χ1n) is 14.5. The second kappa shape index (κ2) is 14.3. The summed E-state index contributed by atoms with van der Waals surface area (Å²) < 4.78 is 0. The summed E-state index contributed by atoms with van der Waals surface area (Å²) in [4.78, 5) is 5.31. The van der Waals surface area contributed by atoms with Crippen LogP contribution in [0.3, 0.4) is 0 Å². The second-order valence-corrected chi connectivity index (χ2v) is 12.3. The van der Waals surface area contributed by atoms with E-state index < -0.39 is 0 Å². The standard InChI is InChI=1S/C30H62N2/c1-12-19-30(10,14-3)20-18-28(24(6)13-2)21-23(5)16-17-25(7)29(31(11)15-4)27(9)32-22-26(32)8/h23-29H,12-22H2,1-11H3. The molecular weight excluding hydrogens is 388 g/mol. The molecule has 0 aromatic carbocycles. The maximum Gasteiger partial charge on any atom is 0.0271 e. The summed E-state index contributed by atoms with van der Waals surface area (Å²) in [6.45, 7) is 26.9. The quantitative estimate of drug-likeness (QED) is 0.193. The summed E-state index contributed by atoms with van der Waals surface area (Å²) in [5, 5.41) is 0. The summed E-state index contributed by atoms with van der Waals surface area (Å²) in [6.07, 6.45) is 12.4. The van der Waals surface area contributed by atoms with Gasteiger partial charge in [-0.05, 0) is 88.6 Å². The minimum absolute atomic E-state index is 0.557. The number of nitrogens with zero attached hydrogens (tertiary/aromatic N) is 2. The van der Waals surface area contributed by atoms with Crippen LogP contribution >= 0.6 is 0 Å². The largest absolute Gasteiger partial charge is 0.302 e. The van der Waals surface area contributed by atoms with Gasteiger partial charge in [0.2, 0.25) is 0 Å². The van der Waals surface area contributed by atoms with E-state index >= 15 is 0 Å². The molecule has 2 heteroatoms. The molecule has 0 saturated carbocycles. The van der Waals surface area contributed by atoms with Gasteiger partial charge in [-0.1, -0.05) is 81.1 Å². The van der Waals surface area contributed by atoms with Gasteiger partial charge >= 0.3 is 0 Å². The average Bonchev–Trinajstić information content (AvgIpc) is 3.51. The van der Waals surface area contributed by atoms with Gasteiger partial charge in [0.1, 0.15) is 0 Å². The molecule has 1 aliphatic heterocycles. The molecule has 0 amide bonds. The van der Waals surface area contributed by atoms with E-state index in [0.29, 0.717) is 17.5 Å². The van der Waals surface area contributed by atoms with Crippen molar-refractivity contribution in [3.8, 4) is 0 Å². The van der Waals surface area contributed by atoms with Gasteiger partial charge in [-0.25, -0.2) is 0 Å². The van der Waals surface area contributed by atoms with E-state index in [1.165, 1.54) is 64.3 Å². The third-order valence-corrected chi connectivity index (χ3v) is 9.61. The normalized spacial score (nSPS) is 26.2. The highest BCUT2D eigenvalue weighted by Gasteiger charge is 2.40. The summed E-state index contributed by atoms with van der Waals surface area (Å²) in [6, 6.07) is 2.15. The first-order valence-corrected chi connectivity index (χ1v) is 14.5. The van der Waals surface area contributed by atoms with Gasteiger partial charge in [-0.2, -0.15) is 0 Å².